The number of hydrogen-bond donors (Lipinski definition) is 1. The van der Waals surface area contributed by atoms with Gasteiger partial charge in [0.05, 0.1) is 5.75 Å². The number of carbonyl (C=O) groups is 1. The minimum Gasteiger partial charge on any atom is -0.325 e. The third-order valence-electron chi connectivity index (χ3n) is 5.03. The number of carbonyl (C=O) groups excluding carboxylic acids is 1. The van der Waals surface area contributed by atoms with Gasteiger partial charge in [-0.25, -0.2) is 0 Å². The molecule has 0 spiro atoms. The summed E-state index contributed by atoms with van der Waals surface area (Å²) in [7, 11) is 0. The Morgan fingerprint density at radius 3 is 2.81 bits per heavy atom. The second kappa shape index (κ2) is 9.74. The first-order valence-corrected chi connectivity index (χ1v) is 10.8. The molecule has 1 saturated carbocycles. The fourth-order valence-corrected chi connectivity index (χ4v) is 4.39. The fraction of sp³-hybridized carbons (Fsp3) is 0.476. The maximum absolute atomic E-state index is 12.4. The van der Waals surface area contributed by atoms with Gasteiger partial charge in [-0.2, -0.15) is 0 Å². The second-order valence-electron chi connectivity index (χ2n) is 6.92. The summed E-state index contributed by atoms with van der Waals surface area (Å²) in [6.45, 7) is 6.64. The normalized spacial score (nSPS) is 14.9. The zero-order valence-corrected chi connectivity index (χ0v) is 16.8. The summed E-state index contributed by atoms with van der Waals surface area (Å²) in [6, 6.07) is 7.93. The first kappa shape index (κ1) is 19.7. The number of nitrogens with zero attached hydrogens (tertiary/aromatic N) is 3. The lowest BCUT2D eigenvalue weighted by atomic mass is 9.89. The molecule has 1 aliphatic rings. The van der Waals surface area contributed by atoms with Gasteiger partial charge in [0.1, 0.15) is 5.82 Å². The quantitative estimate of drug-likeness (QED) is 0.524. The van der Waals surface area contributed by atoms with Crippen molar-refractivity contribution in [1.82, 2.24) is 14.8 Å². The van der Waals surface area contributed by atoms with Crippen LogP contribution in [0.3, 0.4) is 0 Å². The summed E-state index contributed by atoms with van der Waals surface area (Å²) < 4.78 is 2.13. The van der Waals surface area contributed by atoms with Crippen molar-refractivity contribution >= 4 is 23.4 Å². The predicted octanol–water partition coefficient (Wildman–Crippen LogP) is 4.81. The number of thioether (sulfide) groups is 1. The molecule has 6 heteroatoms. The van der Waals surface area contributed by atoms with Crippen LogP contribution in [-0.2, 0) is 17.8 Å². The van der Waals surface area contributed by atoms with Crippen LogP contribution in [0.15, 0.2) is 42.1 Å². The van der Waals surface area contributed by atoms with Gasteiger partial charge in [0.2, 0.25) is 5.91 Å². The predicted molar refractivity (Wildman–Crippen MR) is 111 cm³/mol. The number of nitrogens with one attached hydrogen (secondary N) is 1. The summed E-state index contributed by atoms with van der Waals surface area (Å²) in [6.07, 6.45) is 8.94. The van der Waals surface area contributed by atoms with Gasteiger partial charge < -0.3 is 9.88 Å². The lowest BCUT2D eigenvalue weighted by Crippen LogP contribution is -2.16. The van der Waals surface area contributed by atoms with Crippen molar-refractivity contribution in [1.29, 1.82) is 0 Å². The van der Waals surface area contributed by atoms with Crippen LogP contribution in [0.25, 0.3) is 0 Å². The summed E-state index contributed by atoms with van der Waals surface area (Å²) in [5, 5.41) is 12.6. The first-order chi connectivity index (χ1) is 13.2. The third-order valence-corrected chi connectivity index (χ3v) is 6.00. The van der Waals surface area contributed by atoms with Gasteiger partial charge in [0, 0.05) is 18.2 Å². The van der Waals surface area contributed by atoms with Gasteiger partial charge in [0.25, 0.3) is 0 Å². The van der Waals surface area contributed by atoms with E-state index in [0.29, 0.717) is 18.2 Å². The molecule has 1 amide bonds. The van der Waals surface area contributed by atoms with E-state index < -0.39 is 0 Å². The molecule has 0 bridgehead atoms. The molecular formula is C21H28N4OS. The van der Waals surface area contributed by atoms with Crippen LogP contribution < -0.4 is 5.32 Å². The standard InChI is InChI=1S/C21H28N4OS/c1-3-14-25-20(17-11-6-5-7-12-17)23-24-21(25)27-15-19(26)22-18-13-9-8-10-16(18)4-2/h3,8-10,13,17H,1,4-7,11-12,14-15H2,2H3,(H,22,26). The third kappa shape index (κ3) is 5.01. The van der Waals surface area contributed by atoms with Gasteiger partial charge in [0.15, 0.2) is 5.16 Å². The number of rotatable bonds is 8. The van der Waals surface area contributed by atoms with Gasteiger partial charge >= 0.3 is 0 Å². The molecule has 0 aliphatic heterocycles. The topological polar surface area (TPSA) is 59.8 Å². The Bertz CT molecular complexity index is 780. The highest BCUT2D eigenvalue weighted by Gasteiger charge is 2.23. The Morgan fingerprint density at radius 2 is 2.07 bits per heavy atom. The maximum Gasteiger partial charge on any atom is 0.234 e. The summed E-state index contributed by atoms with van der Waals surface area (Å²) in [5.74, 6) is 1.82. The van der Waals surface area contributed by atoms with E-state index in [1.807, 2.05) is 30.3 Å². The average Bonchev–Trinajstić information content (AvgIpc) is 3.10. The smallest absolute Gasteiger partial charge is 0.234 e. The monoisotopic (exact) mass is 384 g/mol. The maximum atomic E-state index is 12.4. The van der Waals surface area contributed by atoms with Crippen LogP contribution in [0.2, 0.25) is 0 Å². The first-order valence-electron chi connectivity index (χ1n) is 9.77. The molecule has 2 aromatic rings. The Labute approximate surface area is 165 Å². The van der Waals surface area contributed by atoms with Gasteiger partial charge in [-0.05, 0) is 30.9 Å². The molecule has 0 saturated heterocycles. The van der Waals surface area contributed by atoms with Crippen molar-refractivity contribution in [2.45, 2.75) is 63.1 Å². The molecule has 1 aliphatic carbocycles. The molecule has 0 atom stereocenters. The molecule has 27 heavy (non-hydrogen) atoms. The SMILES string of the molecule is C=CCn1c(SCC(=O)Nc2ccccc2CC)nnc1C1CCCCC1. The van der Waals surface area contributed by atoms with Crippen molar-refractivity contribution in [3.8, 4) is 0 Å². The minimum absolute atomic E-state index is 0.0201. The van der Waals surface area contributed by atoms with E-state index >= 15 is 0 Å². The summed E-state index contributed by atoms with van der Waals surface area (Å²) in [4.78, 5) is 12.4. The Hall–Kier alpha value is -2.08. The highest BCUT2D eigenvalue weighted by Crippen LogP contribution is 2.33. The molecule has 1 fully saturated rings. The molecule has 1 heterocycles. The van der Waals surface area contributed by atoms with Gasteiger partial charge in [-0.3, -0.25) is 4.79 Å². The molecule has 5 nitrogen and oxygen atoms in total. The Morgan fingerprint density at radius 1 is 1.30 bits per heavy atom. The van der Waals surface area contributed by atoms with Crippen molar-refractivity contribution in [3.63, 3.8) is 0 Å². The molecular weight excluding hydrogens is 356 g/mol. The molecule has 3 rings (SSSR count). The van der Waals surface area contributed by atoms with E-state index in [1.54, 1.807) is 0 Å². The van der Waals surface area contributed by atoms with E-state index in [9.17, 15) is 4.79 Å². The number of benzene rings is 1. The molecule has 1 aromatic carbocycles. The zero-order valence-electron chi connectivity index (χ0n) is 16.0. The fourth-order valence-electron chi connectivity index (χ4n) is 3.64. The minimum atomic E-state index is -0.0201. The van der Waals surface area contributed by atoms with E-state index in [0.717, 1.165) is 28.7 Å². The van der Waals surface area contributed by atoms with Crippen molar-refractivity contribution in [2.24, 2.45) is 0 Å². The Balaban J connectivity index is 1.65. The van der Waals surface area contributed by atoms with Gasteiger partial charge in [-0.15, -0.1) is 16.8 Å². The number of aromatic nitrogens is 3. The molecule has 0 radical (unpaired) electrons. The number of amides is 1. The van der Waals surface area contributed by atoms with E-state index in [-0.39, 0.29) is 5.91 Å². The highest BCUT2D eigenvalue weighted by atomic mass is 32.2. The van der Waals surface area contributed by atoms with Crippen LogP contribution in [-0.4, -0.2) is 26.4 Å². The molecule has 1 aromatic heterocycles. The number of anilines is 1. The number of allylic oxidation sites excluding steroid dienone is 1. The van der Waals surface area contributed by atoms with Crippen LogP contribution in [0.5, 0.6) is 0 Å². The van der Waals surface area contributed by atoms with Crippen LogP contribution >= 0.6 is 11.8 Å². The van der Waals surface area contributed by atoms with Crippen molar-refractivity contribution < 1.29 is 4.79 Å². The van der Waals surface area contributed by atoms with Crippen LogP contribution in [0, 0.1) is 0 Å². The van der Waals surface area contributed by atoms with Crippen LogP contribution in [0.4, 0.5) is 5.69 Å². The van der Waals surface area contributed by atoms with E-state index in [2.05, 4.69) is 33.6 Å². The van der Waals surface area contributed by atoms with Crippen LogP contribution in [0.1, 0.15) is 56.3 Å². The van der Waals surface area contributed by atoms with Gasteiger partial charge in [-0.1, -0.05) is 62.2 Å². The zero-order chi connectivity index (χ0) is 19.1. The lowest BCUT2D eigenvalue weighted by molar-refractivity contribution is -0.113. The van der Waals surface area contributed by atoms with Crippen molar-refractivity contribution in [2.75, 3.05) is 11.1 Å². The van der Waals surface area contributed by atoms with E-state index in [1.165, 1.54) is 43.9 Å². The largest absolute Gasteiger partial charge is 0.325 e. The summed E-state index contributed by atoms with van der Waals surface area (Å²) >= 11 is 1.44. The number of aryl methyl sites for hydroxylation is 1. The summed E-state index contributed by atoms with van der Waals surface area (Å²) in [5.41, 5.74) is 2.03. The number of hydrogen-bond acceptors (Lipinski definition) is 4. The molecule has 1 N–H and O–H groups in total. The molecule has 144 valence electrons. The Kier molecular flexibility index (Phi) is 7.10. The second-order valence-corrected chi connectivity index (χ2v) is 7.87. The molecule has 0 unspecified atom stereocenters. The highest BCUT2D eigenvalue weighted by molar-refractivity contribution is 7.99. The number of para-hydroxylation sites is 1. The lowest BCUT2D eigenvalue weighted by Gasteiger charge is -2.21. The average molecular weight is 385 g/mol. The van der Waals surface area contributed by atoms with Crippen molar-refractivity contribution in [3.05, 3.63) is 48.3 Å². The van der Waals surface area contributed by atoms with E-state index in [4.69, 9.17) is 0 Å².